The average Bonchev–Trinajstić information content (AvgIpc) is 2.43. The largest absolute Gasteiger partial charge is 0.508 e. The van der Waals surface area contributed by atoms with E-state index in [1.165, 1.54) is 18.2 Å². The number of nitrogens with zero attached hydrogens (tertiary/aromatic N) is 2. The van der Waals surface area contributed by atoms with Gasteiger partial charge in [0, 0.05) is 18.2 Å². The number of benzene rings is 1. The molecule has 2 rings (SSSR count). The van der Waals surface area contributed by atoms with E-state index in [1.807, 2.05) is 0 Å². The van der Waals surface area contributed by atoms with Gasteiger partial charge < -0.3 is 10.0 Å². The lowest BCUT2D eigenvalue weighted by Crippen LogP contribution is -2.42. The Balaban J connectivity index is 1.94. The molecule has 106 valence electrons. The third-order valence-corrected chi connectivity index (χ3v) is 4.09. The summed E-state index contributed by atoms with van der Waals surface area (Å²) in [7, 11) is 2.05. The van der Waals surface area contributed by atoms with E-state index in [1.54, 1.807) is 0 Å². The number of phenols is 1. The number of likely N-dealkylation sites (tertiary alicyclic amines) is 1. The van der Waals surface area contributed by atoms with E-state index in [4.69, 9.17) is 0 Å². The molecule has 3 nitrogen and oxygen atoms in total. The monoisotopic (exact) mass is 266 g/mol. The Bertz CT molecular complexity index is 417. The van der Waals surface area contributed by atoms with Crippen molar-refractivity contribution in [3.05, 3.63) is 29.6 Å². The number of piperidine rings is 1. The maximum absolute atomic E-state index is 13.2. The molecule has 19 heavy (non-hydrogen) atoms. The van der Waals surface area contributed by atoms with Crippen molar-refractivity contribution in [2.45, 2.75) is 32.4 Å². The number of phenolic OH excluding ortho intramolecular Hbond substituents is 1. The van der Waals surface area contributed by atoms with Crippen LogP contribution in [0.25, 0.3) is 0 Å². The first-order valence-electron chi connectivity index (χ1n) is 7.00. The van der Waals surface area contributed by atoms with Gasteiger partial charge >= 0.3 is 0 Å². The van der Waals surface area contributed by atoms with Crippen LogP contribution in [-0.2, 0) is 6.54 Å². The summed E-state index contributed by atoms with van der Waals surface area (Å²) >= 11 is 0. The summed E-state index contributed by atoms with van der Waals surface area (Å²) in [4.78, 5) is 4.67. The van der Waals surface area contributed by atoms with Gasteiger partial charge in [-0.1, -0.05) is 6.92 Å². The summed E-state index contributed by atoms with van der Waals surface area (Å²) in [6.45, 7) is 6.15. The molecule has 0 atom stereocenters. The molecule has 1 saturated heterocycles. The molecule has 1 aliphatic heterocycles. The predicted molar refractivity (Wildman–Crippen MR) is 74.7 cm³/mol. The van der Waals surface area contributed by atoms with Gasteiger partial charge in [-0.25, -0.2) is 4.39 Å². The number of aromatic hydroxyl groups is 1. The molecule has 0 spiro atoms. The minimum Gasteiger partial charge on any atom is -0.508 e. The van der Waals surface area contributed by atoms with E-state index < -0.39 is 0 Å². The number of hydrogen-bond acceptors (Lipinski definition) is 3. The molecule has 0 radical (unpaired) electrons. The van der Waals surface area contributed by atoms with Gasteiger partial charge in [-0.05, 0) is 57.7 Å². The highest BCUT2D eigenvalue weighted by Crippen LogP contribution is 2.22. The summed E-state index contributed by atoms with van der Waals surface area (Å²) in [6, 6.07) is 4.66. The van der Waals surface area contributed by atoms with Crippen LogP contribution in [0.5, 0.6) is 5.75 Å². The van der Waals surface area contributed by atoms with Crippen LogP contribution in [-0.4, -0.2) is 47.6 Å². The smallest absolute Gasteiger partial charge is 0.123 e. The topological polar surface area (TPSA) is 26.7 Å². The van der Waals surface area contributed by atoms with Crippen LogP contribution < -0.4 is 0 Å². The van der Waals surface area contributed by atoms with Crippen LogP contribution in [0.4, 0.5) is 4.39 Å². The lowest BCUT2D eigenvalue weighted by molar-refractivity contribution is 0.126. The second kappa shape index (κ2) is 6.35. The average molecular weight is 266 g/mol. The van der Waals surface area contributed by atoms with Crippen LogP contribution in [0, 0.1) is 5.82 Å². The van der Waals surface area contributed by atoms with Crippen molar-refractivity contribution in [3.8, 4) is 5.75 Å². The molecule has 1 fully saturated rings. The van der Waals surface area contributed by atoms with Crippen LogP contribution in [0.15, 0.2) is 18.2 Å². The molecular weight excluding hydrogens is 243 g/mol. The Morgan fingerprint density at radius 1 is 1.37 bits per heavy atom. The molecule has 0 unspecified atom stereocenters. The summed E-state index contributed by atoms with van der Waals surface area (Å²) in [5.41, 5.74) is 0.667. The summed E-state index contributed by atoms with van der Waals surface area (Å²) < 4.78 is 13.2. The Morgan fingerprint density at radius 2 is 2.05 bits per heavy atom. The molecule has 0 aliphatic carbocycles. The second-order valence-electron chi connectivity index (χ2n) is 5.35. The van der Waals surface area contributed by atoms with Crippen LogP contribution >= 0.6 is 0 Å². The molecule has 1 aromatic carbocycles. The highest BCUT2D eigenvalue weighted by atomic mass is 19.1. The summed E-state index contributed by atoms with van der Waals surface area (Å²) in [5, 5.41) is 9.76. The fourth-order valence-electron chi connectivity index (χ4n) is 2.75. The molecule has 1 aliphatic rings. The minimum atomic E-state index is -0.290. The van der Waals surface area contributed by atoms with Gasteiger partial charge in [-0.2, -0.15) is 0 Å². The second-order valence-corrected chi connectivity index (χ2v) is 5.35. The lowest BCUT2D eigenvalue weighted by Gasteiger charge is -2.36. The zero-order valence-electron chi connectivity index (χ0n) is 11.8. The van der Waals surface area contributed by atoms with Crippen LogP contribution in [0.2, 0.25) is 0 Å². The van der Waals surface area contributed by atoms with Gasteiger partial charge in [-0.15, -0.1) is 0 Å². The Morgan fingerprint density at radius 3 is 2.68 bits per heavy atom. The number of rotatable bonds is 4. The molecule has 1 aromatic rings. The van der Waals surface area contributed by atoms with Crippen molar-refractivity contribution < 1.29 is 9.50 Å². The highest BCUT2D eigenvalue weighted by molar-refractivity contribution is 5.32. The molecule has 1 N–H and O–H groups in total. The quantitative estimate of drug-likeness (QED) is 0.907. The molecule has 1 heterocycles. The molecule has 4 heteroatoms. The predicted octanol–water partition coefficient (Wildman–Crippen LogP) is 2.45. The maximum atomic E-state index is 13.2. The van der Waals surface area contributed by atoms with Crippen molar-refractivity contribution in [2.24, 2.45) is 0 Å². The molecule has 0 amide bonds. The molecular formula is C15H23FN2O. The highest BCUT2D eigenvalue weighted by Gasteiger charge is 2.22. The van der Waals surface area contributed by atoms with Gasteiger partial charge in [0.1, 0.15) is 11.6 Å². The van der Waals surface area contributed by atoms with Crippen molar-refractivity contribution in [1.82, 2.24) is 9.80 Å². The maximum Gasteiger partial charge on any atom is 0.123 e. The minimum absolute atomic E-state index is 0.180. The molecule has 0 aromatic heterocycles. The fraction of sp³-hybridized carbons (Fsp3) is 0.600. The third kappa shape index (κ3) is 3.67. The van der Waals surface area contributed by atoms with E-state index in [-0.39, 0.29) is 11.6 Å². The van der Waals surface area contributed by atoms with E-state index in [0.717, 1.165) is 32.5 Å². The van der Waals surface area contributed by atoms with Gasteiger partial charge in [0.2, 0.25) is 0 Å². The van der Waals surface area contributed by atoms with Crippen molar-refractivity contribution in [2.75, 3.05) is 26.7 Å². The normalized spacial score (nSPS) is 18.1. The van der Waals surface area contributed by atoms with E-state index >= 15 is 0 Å². The zero-order valence-corrected chi connectivity index (χ0v) is 11.8. The van der Waals surface area contributed by atoms with E-state index in [0.29, 0.717) is 18.2 Å². The van der Waals surface area contributed by atoms with Crippen LogP contribution in [0.3, 0.4) is 0 Å². The summed E-state index contributed by atoms with van der Waals surface area (Å²) in [5.74, 6) is -0.110. The van der Waals surface area contributed by atoms with Crippen LogP contribution in [0.1, 0.15) is 25.3 Å². The van der Waals surface area contributed by atoms with Crippen molar-refractivity contribution in [1.29, 1.82) is 0 Å². The van der Waals surface area contributed by atoms with E-state index in [9.17, 15) is 9.50 Å². The van der Waals surface area contributed by atoms with Gasteiger partial charge in [0.25, 0.3) is 0 Å². The standard InChI is InChI=1S/C15H23FN2O/c1-3-18-8-6-14(7-9-18)17(2)11-12-10-13(16)4-5-15(12)19/h4-5,10,14,19H,3,6-9,11H2,1-2H3. The van der Waals surface area contributed by atoms with Crippen molar-refractivity contribution >= 4 is 0 Å². The van der Waals surface area contributed by atoms with Gasteiger partial charge in [0.15, 0.2) is 0 Å². The van der Waals surface area contributed by atoms with E-state index in [2.05, 4.69) is 23.8 Å². The first-order valence-corrected chi connectivity index (χ1v) is 7.00. The first-order chi connectivity index (χ1) is 9.10. The Labute approximate surface area is 114 Å². The Kier molecular flexibility index (Phi) is 4.77. The fourth-order valence-corrected chi connectivity index (χ4v) is 2.75. The zero-order chi connectivity index (χ0) is 13.8. The van der Waals surface area contributed by atoms with Gasteiger partial charge in [0.05, 0.1) is 0 Å². The molecule has 0 saturated carbocycles. The lowest BCUT2D eigenvalue weighted by atomic mass is 10.0. The summed E-state index contributed by atoms with van der Waals surface area (Å²) in [6.07, 6.45) is 2.28. The SMILES string of the molecule is CCN1CCC(N(C)Cc2cc(F)ccc2O)CC1. The van der Waals surface area contributed by atoms with Gasteiger partial charge in [-0.3, -0.25) is 4.90 Å². The first kappa shape index (κ1) is 14.3. The Hall–Kier alpha value is -1.13. The molecule has 0 bridgehead atoms. The van der Waals surface area contributed by atoms with Crippen molar-refractivity contribution in [3.63, 3.8) is 0 Å². The number of hydrogen-bond donors (Lipinski definition) is 1. The third-order valence-electron chi connectivity index (χ3n) is 4.09. The number of halogens is 1.